The fourth-order valence-electron chi connectivity index (χ4n) is 2.57. The smallest absolute Gasteiger partial charge is 0.378 e. The molecule has 28 heavy (non-hydrogen) atoms. The summed E-state index contributed by atoms with van der Waals surface area (Å²) >= 11 is 0. The number of hydrogen-bond donors (Lipinski definition) is 1. The molecule has 1 aliphatic heterocycles. The summed E-state index contributed by atoms with van der Waals surface area (Å²) in [4.78, 5) is 13.6. The number of carbonyl (C=O) groups is 1. The molecule has 1 aliphatic rings. The van der Waals surface area contributed by atoms with E-state index in [0.717, 1.165) is 12.1 Å². The molecule has 12 heteroatoms. The van der Waals surface area contributed by atoms with E-state index in [4.69, 9.17) is 4.74 Å². The highest BCUT2D eigenvalue weighted by atomic mass is 19.4. The van der Waals surface area contributed by atoms with Crippen LogP contribution in [-0.4, -0.2) is 47.0 Å². The summed E-state index contributed by atoms with van der Waals surface area (Å²) in [6, 6.07) is 4.37. The van der Waals surface area contributed by atoms with Crippen molar-refractivity contribution in [2.45, 2.75) is 12.4 Å². The van der Waals surface area contributed by atoms with Gasteiger partial charge in [-0.15, -0.1) is 0 Å². The molecule has 0 saturated carbocycles. The lowest BCUT2D eigenvalue weighted by atomic mass is 10.2. The second kappa shape index (κ2) is 7.34. The van der Waals surface area contributed by atoms with Gasteiger partial charge in [-0.3, -0.25) is 0 Å². The van der Waals surface area contributed by atoms with Crippen molar-refractivity contribution < 1.29 is 35.9 Å². The highest BCUT2D eigenvalue weighted by Crippen LogP contribution is 2.36. The number of morpholine rings is 1. The van der Waals surface area contributed by atoms with Gasteiger partial charge in [-0.25, -0.2) is 9.48 Å². The van der Waals surface area contributed by atoms with E-state index in [1.54, 1.807) is 0 Å². The summed E-state index contributed by atoms with van der Waals surface area (Å²) in [5.74, 6) is 0. The first kappa shape index (κ1) is 20.0. The Bertz CT molecular complexity index is 838. The van der Waals surface area contributed by atoms with Crippen molar-refractivity contribution in [2.24, 2.45) is 0 Å². The van der Waals surface area contributed by atoms with Crippen molar-refractivity contribution >= 4 is 11.7 Å². The van der Waals surface area contributed by atoms with Gasteiger partial charge in [0.1, 0.15) is 5.69 Å². The van der Waals surface area contributed by atoms with Gasteiger partial charge >= 0.3 is 18.4 Å². The minimum atomic E-state index is -5.03. The number of amides is 2. The van der Waals surface area contributed by atoms with E-state index in [1.165, 1.54) is 17.0 Å². The van der Waals surface area contributed by atoms with Crippen LogP contribution in [0, 0.1) is 0 Å². The lowest BCUT2D eigenvalue weighted by molar-refractivity contribution is -0.143. The van der Waals surface area contributed by atoms with E-state index < -0.39 is 29.8 Å². The first-order valence-electron chi connectivity index (χ1n) is 8.04. The van der Waals surface area contributed by atoms with E-state index in [1.807, 2.05) is 0 Å². The van der Waals surface area contributed by atoms with E-state index in [-0.39, 0.29) is 22.1 Å². The molecule has 6 nitrogen and oxygen atoms in total. The Morgan fingerprint density at radius 2 is 1.61 bits per heavy atom. The lowest BCUT2D eigenvalue weighted by Crippen LogP contribution is -2.43. The summed E-state index contributed by atoms with van der Waals surface area (Å²) in [5.41, 5.74) is -3.15. The van der Waals surface area contributed by atoms with E-state index in [2.05, 4.69) is 10.4 Å². The zero-order chi connectivity index (χ0) is 20.5. The normalized spacial score (nSPS) is 15.6. The molecular weight excluding hydrogens is 394 g/mol. The number of hydrogen-bond acceptors (Lipinski definition) is 3. The van der Waals surface area contributed by atoms with Gasteiger partial charge in [0.05, 0.1) is 18.9 Å². The van der Waals surface area contributed by atoms with Gasteiger partial charge < -0.3 is 15.0 Å². The molecule has 0 bridgehead atoms. The second-order valence-electron chi connectivity index (χ2n) is 5.90. The van der Waals surface area contributed by atoms with Crippen LogP contribution in [0.2, 0.25) is 0 Å². The third-order valence-electron chi connectivity index (χ3n) is 3.95. The first-order chi connectivity index (χ1) is 13.1. The molecule has 152 valence electrons. The van der Waals surface area contributed by atoms with Crippen LogP contribution >= 0.6 is 0 Å². The molecule has 2 aromatic rings. The SMILES string of the molecule is O=C(Nc1ccc(-n2nc(C(F)(F)F)cc2C(F)(F)F)cc1)N1CCOCC1. The summed E-state index contributed by atoms with van der Waals surface area (Å²) in [6.45, 7) is 1.58. The van der Waals surface area contributed by atoms with Crippen LogP contribution in [0.4, 0.5) is 36.8 Å². The average Bonchev–Trinajstić information content (AvgIpc) is 3.09. The number of ether oxygens (including phenoxy) is 1. The maximum absolute atomic E-state index is 13.1. The molecule has 0 spiro atoms. The highest BCUT2D eigenvalue weighted by molar-refractivity contribution is 5.89. The molecule has 1 aromatic heterocycles. The summed E-state index contributed by atoms with van der Waals surface area (Å²) in [5, 5.41) is 5.61. The summed E-state index contributed by atoms with van der Waals surface area (Å²) in [6.07, 6.45) is -10.0. The number of benzene rings is 1. The van der Waals surface area contributed by atoms with Crippen molar-refractivity contribution in [2.75, 3.05) is 31.6 Å². The fraction of sp³-hybridized carbons (Fsp3) is 0.375. The third-order valence-corrected chi connectivity index (χ3v) is 3.95. The van der Waals surface area contributed by atoms with Crippen LogP contribution in [0.15, 0.2) is 30.3 Å². The first-order valence-corrected chi connectivity index (χ1v) is 8.04. The van der Waals surface area contributed by atoms with Crippen LogP contribution in [0.5, 0.6) is 0 Å². The molecule has 1 saturated heterocycles. The molecule has 0 unspecified atom stereocenters. The quantitative estimate of drug-likeness (QED) is 0.770. The van der Waals surface area contributed by atoms with Crippen LogP contribution in [0.3, 0.4) is 0 Å². The Labute approximate surface area is 154 Å². The molecule has 0 aliphatic carbocycles. The van der Waals surface area contributed by atoms with Gasteiger partial charge in [-0.05, 0) is 24.3 Å². The molecule has 1 fully saturated rings. The number of nitrogens with one attached hydrogen (secondary N) is 1. The Kier molecular flexibility index (Phi) is 5.24. The number of urea groups is 1. The number of nitrogens with zero attached hydrogens (tertiary/aromatic N) is 3. The Balaban J connectivity index is 1.83. The topological polar surface area (TPSA) is 59.4 Å². The molecule has 1 N–H and O–H groups in total. The van der Waals surface area contributed by atoms with Crippen molar-refractivity contribution in [3.63, 3.8) is 0 Å². The van der Waals surface area contributed by atoms with Crippen LogP contribution in [0.1, 0.15) is 11.4 Å². The zero-order valence-electron chi connectivity index (χ0n) is 14.1. The van der Waals surface area contributed by atoms with Crippen molar-refractivity contribution in [1.29, 1.82) is 0 Å². The monoisotopic (exact) mass is 408 g/mol. The molecule has 0 atom stereocenters. The Morgan fingerprint density at radius 3 is 2.14 bits per heavy atom. The number of anilines is 1. The van der Waals surface area contributed by atoms with Gasteiger partial charge in [0, 0.05) is 24.8 Å². The van der Waals surface area contributed by atoms with Crippen LogP contribution in [-0.2, 0) is 17.1 Å². The van der Waals surface area contributed by atoms with E-state index in [9.17, 15) is 31.1 Å². The van der Waals surface area contributed by atoms with Gasteiger partial charge in [0.15, 0.2) is 5.69 Å². The van der Waals surface area contributed by atoms with Crippen LogP contribution in [0.25, 0.3) is 5.69 Å². The highest BCUT2D eigenvalue weighted by Gasteiger charge is 2.42. The molecule has 0 radical (unpaired) electrons. The van der Waals surface area contributed by atoms with E-state index >= 15 is 0 Å². The number of alkyl halides is 6. The summed E-state index contributed by atoms with van der Waals surface area (Å²) < 4.78 is 82.9. The predicted octanol–water partition coefficient (Wildman–Crippen LogP) is 3.77. The Hall–Kier alpha value is -2.76. The third kappa shape index (κ3) is 4.38. The Morgan fingerprint density at radius 1 is 1.00 bits per heavy atom. The maximum Gasteiger partial charge on any atom is 0.435 e. The number of rotatable bonds is 2. The second-order valence-corrected chi connectivity index (χ2v) is 5.90. The number of aromatic nitrogens is 2. The van der Waals surface area contributed by atoms with Crippen molar-refractivity contribution in [3.05, 3.63) is 41.7 Å². The standard InChI is InChI=1S/C16H14F6N4O2/c17-15(18,19)12-9-13(16(20,21)22)26(24-12)11-3-1-10(2-4-11)23-14(27)25-5-7-28-8-6-25/h1-4,9H,5-8H2,(H,23,27). The molecule has 1 aromatic carbocycles. The minimum absolute atomic E-state index is 0.0475. The fourth-order valence-corrected chi connectivity index (χ4v) is 2.57. The lowest BCUT2D eigenvalue weighted by Gasteiger charge is -2.26. The number of halogens is 6. The van der Waals surface area contributed by atoms with Gasteiger partial charge in [0.25, 0.3) is 0 Å². The van der Waals surface area contributed by atoms with Gasteiger partial charge in [0.2, 0.25) is 0 Å². The molecule has 2 heterocycles. The average molecular weight is 408 g/mol. The molecular formula is C16H14F6N4O2. The van der Waals surface area contributed by atoms with Gasteiger partial charge in [-0.2, -0.15) is 31.4 Å². The van der Waals surface area contributed by atoms with Crippen LogP contribution < -0.4 is 5.32 Å². The van der Waals surface area contributed by atoms with Crippen molar-refractivity contribution in [1.82, 2.24) is 14.7 Å². The van der Waals surface area contributed by atoms with Crippen molar-refractivity contribution in [3.8, 4) is 5.69 Å². The minimum Gasteiger partial charge on any atom is -0.378 e. The molecule has 2 amide bonds. The largest absolute Gasteiger partial charge is 0.435 e. The van der Waals surface area contributed by atoms with Gasteiger partial charge in [-0.1, -0.05) is 0 Å². The predicted molar refractivity (Wildman–Crippen MR) is 85.0 cm³/mol. The molecule has 3 rings (SSSR count). The number of carbonyl (C=O) groups excluding carboxylic acids is 1. The maximum atomic E-state index is 13.1. The van der Waals surface area contributed by atoms with E-state index in [0.29, 0.717) is 26.3 Å². The zero-order valence-corrected chi connectivity index (χ0v) is 14.1. The summed E-state index contributed by atoms with van der Waals surface area (Å²) in [7, 11) is 0.